The van der Waals surface area contributed by atoms with Crippen LogP contribution in [-0.4, -0.2) is 23.6 Å². The van der Waals surface area contributed by atoms with Gasteiger partial charge < -0.3 is 14.5 Å². The molecule has 1 amide bonds. The van der Waals surface area contributed by atoms with E-state index < -0.39 is 5.91 Å². The molecule has 0 unspecified atom stereocenters. The molecular weight excluding hydrogens is 460 g/mol. The molecule has 8 heteroatoms. The van der Waals surface area contributed by atoms with E-state index in [-0.39, 0.29) is 11.1 Å². The van der Waals surface area contributed by atoms with Crippen molar-refractivity contribution in [2.75, 3.05) is 11.9 Å². The van der Waals surface area contributed by atoms with Crippen LogP contribution in [0.4, 0.5) is 5.69 Å². The molecule has 1 heterocycles. The van der Waals surface area contributed by atoms with Gasteiger partial charge in [-0.15, -0.1) is 0 Å². The number of carbonyl (C=O) groups excluding carboxylic acids is 2. The molecule has 6 nitrogen and oxygen atoms in total. The molecule has 0 bridgehead atoms. The monoisotopic (exact) mass is 482 g/mol. The van der Waals surface area contributed by atoms with Crippen molar-refractivity contribution in [3.05, 3.63) is 82.6 Å². The van der Waals surface area contributed by atoms with Gasteiger partial charge in [0.15, 0.2) is 5.11 Å². The maximum Gasteiger partial charge on any atom is 0.338 e. The number of esters is 1. The first-order valence-electron chi connectivity index (χ1n) is 10.3. The predicted molar refractivity (Wildman–Crippen MR) is 134 cm³/mol. The minimum Gasteiger partial charge on any atom is -0.462 e. The Morgan fingerprint density at radius 1 is 1.12 bits per heavy atom. The maximum absolute atomic E-state index is 12.2. The highest BCUT2D eigenvalue weighted by Crippen LogP contribution is 2.27. The number of anilines is 1. The minimum absolute atomic E-state index is 0.125. The van der Waals surface area contributed by atoms with E-state index in [0.29, 0.717) is 34.4 Å². The molecule has 0 aliphatic rings. The topological polar surface area (TPSA) is 80.6 Å². The number of furan rings is 1. The smallest absolute Gasteiger partial charge is 0.338 e. The fourth-order valence-electron chi connectivity index (χ4n) is 2.79. The van der Waals surface area contributed by atoms with Gasteiger partial charge in [-0.2, -0.15) is 0 Å². The largest absolute Gasteiger partial charge is 0.462 e. The summed E-state index contributed by atoms with van der Waals surface area (Å²) >= 11 is 11.3. The van der Waals surface area contributed by atoms with E-state index in [9.17, 15) is 9.59 Å². The molecule has 3 aromatic rings. The molecule has 3 rings (SSSR count). The molecule has 2 N–H and O–H groups in total. The third-order valence-electron chi connectivity index (χ3n) is 4.53. The van der Waals surface area contributed by atoms with E-state index >= 15 is 0 Å². The molecule has 1 aromatic heterocycles. The average molecular weight is 483 g/mol. The Bertz CT molecular complexity index is 1190. The number of rotatable bonds is 7. The summed E-state index contributed by atoms with van der Waals surface area (Å²) in [6.45, 7) is 4.24. The molecule has 170 valence electrons. The standard InChI is InChI=1S/C25H23ClN2O4S/c1-3-14-31-24(30)17-6-8-19(9-7-17)27-25(33)28-23(29)13-11-20-10-12-22(32-20)18-5-4-16(2)21(26)15-18/h4-13,15H,3,14H2,1-2H3,(H2,27,28,29,33)/b13-11+. The lowest BCUT2D eigenvalue weighted by molar-refractivity contribution is -0.115. The van der Waals surface area contributed by atoms with Crippen LogP contribution in [0.3, 0.4) is 0 Å². The van der Waals surface area contributed by atoms with Crippen LogP contribution in [0.15, 0.2) is 65.1 Å². The van der Waals surface area contributed by atoms with Crippen LogP contribution >= 0.6 is 23.8 Å². The summed E-state index contributed by atoms with van der Waals surface area (Å²) in [5, 5.41) is 6.24. The van der Waals surface area contributed by atoms with Gasteiger partial charge in [-0.25, -0.2) is 4.79 Å². The van der Waals surface area contributed by atoms with E-state index in [1.807, 2.05) is 38.1 Å². The second-order valence-corrected chi connectivity index (χ2v) is 7.97. The average Bonchev–Trinajstić information content (AvgIpc) is 3.27. The van der Waals surface area contributed by atoms with E-state index in [1.54, 1.807) is 36.4 Å². The van der Waals surface area contributed by atoms with Crippen LogP contribution in [0.1, 0.15) is 35.0 Å². The Morgan fingerprint density at radius 3 is 2.58 bits per heavy atom. The Morgan fingerprint density at radius 2 is 1.88 bits per heavy atom. The number of benzene rings is 2. The van der Waals surface area contributed by atoms with E-state index in [4.69, 9.17) is 33.0 Å². The molecule has 0 saturated heterocycles. The number of nitrogens with one attached hydrogen (secondary N) is 2. The SMILES string of the molecule is CCCOC(=O)c1ccc(NC(=S)NC(=O)/C=C/c2ccc(-c3ccc(C)c(Cl)c3)o2)cc1. The summed E-state index contributed by atoms with van der Waals surface area (Å²) in [5.41, 5.74) is 2.91. The maximum atomic E-state index is 12.2. The zero-order chi connectivity index (χ0) is 23.8. The molecule has 2 aromatic carbocycles. The van der Waals surface area contributed by atoms with E-state index in [1.165, 1.54) is 6.08 Å². The Kier molecular flexibility index (Phi) is 8.40. The van der Waals surface area contributed by atoms with Gasteiger partial charge in [0.2, 0.25) is 5.91 Å². The lowest BCUT2D eigenvalue weighted by Gasteiger charge is -2.09. The Labute approximate surface area is 202 Å². The van der Waals surface area contributed by atoms with Gasteiger partial charge in [-0.1, -0.05) is 30.7 Å². The van der Waals surface area contributed by atoms with Crippen molar-refractivity contribution in [3.63, 3.8) is 0 Å². The predicted octanol–water partition coefficient (Wildman–Crippen LogP) is 6.00. The highest BCUT2D eigenvalue weighted by atomic mass is 35.5. The summed E-state index contributed by atoms with van der Waals surface area (Å²) in [6.07, 6.45) is 3.63. The minimum atomic E-state index is -0.413. The highest BCUT2D eigenvalue weighted by Gasteiger charge is 2.08. The molecular formula is C25H23ClN2O4S. The normalized spacial score (nSPS) is 10.8. The first-order chi connectivity index (χ1) is 15.9. The third-order valence-corrected chi connectivity index (χ3v) is 5.15. The van der Waals surface area contributed by atoms with Gasteiger partial charge in [-0.05, 0) is 79.7 Å². The van der Waals surface area contributed by atoms with Crippen LogP contribution in [0.5, 0.6) is 0 Å². The second kappa shape index (κ2) is 11.4. The highest BCUT2D eigenvalue weighted by molar-refractivity contribution is 7.80. The molecule has 0 saturated carbocycles. The summed E-state index contributed by atoms with van der Waals surface area (Å²) in [6, 6.07) is 15.9. The first kappa shape index (κ1) is 24.2. The first-order valence-corrected chi connectivity index (χ1v) is 11.1. The van der Waals surface area contributed by atoms with Gasteiger partial charge >= 0.3 is 5.97 Å². The fourth-order valence-corrected chi connectivity index (χ4v) is 3.18. The second-order valence-electron chi connectivity index (χ2n) is 7.16. The number of hydrogen-bond donors (Lipinski definition) is 2. The summed E-state index contributed by atoms with van der Waals surface area (Å²) in [5.74, 6) is 0.372. The summed E-state index contributed by atoms with van der Waals surface area (Å²) < 4.78 is 10.8. The number of halogens is 1. The molecule has 33 heavy (non-hydrogen) atoms. The van der Waals surface area contributed by atoms with Crippen LogP contribution in [-0.2, 0) is 9.53 Å². The van der Waals surface area contributed by atoms with E-state index in [0.717, 1.165) is 17.5 Å². The quantitative estimate of drug-likeness (QED) is 0.244. The number of amides is 1. The van der Waals surface area contributed by atoms with Gasteiger partial charge in [0.1, 0.15) is 11.5 Å². The lowest BCUT2D eigenvalue weighted by atomic mass is 10.1. The van der Waals surface area contributed by atoms with E-state index in [2.05, 4.69) is 10.6 Å². The van der Waals surface area contributed by atoms with Crippen molar-refractivity contribution in [2.45, 2.75) is 20.3 Å². The Balaban J connectivity index is 1.52. The number of carbonyl (C=O) groups is 2. The molecule has 0 aliphatic carbocycles. The number of aryl methyl sites for hydroxylation is 1. The summed E-state index contributed by atoms with van der Waals surface area (Å²) in [7, 11) is 0. The van der Waals surface area contributed by atoms with Gasteiger partial charge in [0.25, 0.3) is 0 Å². The number of hydrogen-bond acceptors (Lipinski definition) is 5. The fraction of sp³-hybridized carbons (Fsp3) is 0.160. The zero-order valence-corrected chi connectivity index (χ0v) is 19.8. The molecule has 0 aliphatic heterocycles. The van der Waals surface area contributed by atoms with Gasteiger partial charge in [0, 0.05) is 22.3 Å². The van der Waals surface area contributed by atoms with Crippen LogP contribution in [0, 0.1) is 6.92 Å². The Hall–Kier alpha value is -3.42. The number of thiocarbonyl (C=S) groups is 1. The number of ether oxygens (including phenoxy) is 1. The van der Waals surface area contributed by atoms with Crippen molar-refractivity contribution >= 4 is 52.6 Å². The molecule has 0 spiro atoms. The molecule has 0 atom stereocenters. The third kappa shape index (κ3) is 7.03. The van der Waals surface area contributed by atoms with Gasteiger partial charge in [-0.3, -0.25) is 10.1 Å². The molecule has 0 fully saturated rings. The van der Waals surface area contributed by atoms with Gasteiger partial charge in [0.05, 0.1) is 12.2 Å². The molecule has 0 radical (unpaired) electrons. The van der Waals surface area contributed by atoms with Crippen molar-refractivity contribution in [2.24, 2.45) is 0 Å². The van der Waals surface area contributed by atoms with Crippen molar-refractivity contribution < 1.29 is 18.7 Å². The zero-order valence-electron chi connectivity index (χ0n) is 18.2. The summed E-state index contributed by atoms with van der Waals surface area (Å²) in [4.78, 5) is 24.0. The van der Waals surface area contributed by atoms with Crippen LogP contribution in [0.2, 0.25) is 5.02 Å². The lowest BCUT2D eigenvalue weighted by Crippen LogP contribution is -2.32. The van der Waals surface area contributed by atoms with Crippen molar-refractivity contribution in [1.29, 1.82) is 0 Å². The van der Waals surface area contributed by atoms with Crippen molar-refractivity contribution in [3.8, 4) is 11.3 Å². The van der Waals surface area contributed by atoms with Crippen molar-refractivity contribution in [1.82, 2.24) is 5.32 Å². The van der Waals surface area contributed by atoms with Crippen LogP contribution < -0.4 is 10.6 Å². The van der Waals surface area contributed by atoms with Crippen LogP contribution in [0.25, 0.3) is 17.4 Å².